The summed E-state index contributed by atoms with van der Waals surface area (Å²) in [4.78, 5) is 11.8. The number of rotatable bonds is 1. The lowest BCUT2D eigenvalue weighted by molar-refractivity contribution is 0.0848. The Bertz CT molecular complexity index is 569. The first kappa shape index (κ1) is 12.6. The van der Waals surface area contributed by atoms with Crippen LogP contribution in [0.5, 0.6) is 0 Å². The van der Waals surface area contributed by atoms with Crippen molar-refractivity contribution < 1.29 is 4.79 Å². The molecule has 0 saturated carbocycles. The number of nitrogens with zero attached hydrogens (tertiary/aromatic N) is 3. The first-order chi connectivity index (χ1) is 8.01. The van der Waals surface area contributed by atoms with Crippen LogP contribution in [0.1, 0.15) is 21.5 Å². The van der Waals surface area contributed by atoms with Gasteiger partial charge in [0, 0.05) is 0 Å². The van der Waals surface area contributed by atoms with Gasteiger partial charge in [0.15, 0.2) is 5.11 Å². The number of nitriles is 2. The lowest BCUT2D eigenvalue weighted by Gasteiger charge is -2.14. The highest BCUT2D eigenvalue weighted by atomic mass is 32.1. The van der Waals surface area contributed by atoms with Crippen molar-refractivity contribution in [2.45, 2.75) is 0 Å². The second kappa shape index (κ2) is 5.03. The van der Waals surface area contributed by atoms with Gasteiger partial charge in [0.1, 0.15) is 6.07 Å². The summed E-state index contributed by atoms with van der Waals surface area (Å²) in [5, 5.41) is 17.8. The van der Waals surface area contributed by atoms with Gasteiger partial charge in [-0.2, -0.15) is 10.5 Å². The highest BCUT2D eigenvalue weighted by Crippen LogP contribution is 2.12. The number of hydrogen-bond acceptors (Lipinski definition) is 5. The lowest BCUT2D eigenvalue weighted by atomic mass is 10.0. The Balaban J connectivity index is 3.25. The van der Waals surface area contributed by atoms with E-state index >= 15 is 0 Å². The molecule has 0 saturated heterocycles. The van der Waals surface area contributed by atoms with E-state index in [1.54, 1.807) is 6.07 Å². The molecule has 0 fully saturated rings. The minimum Gasteiger partial charge on any atom is -0.375 e. The molecule has 1 aromatic rings. The van der Waals surface area contributed by atoms with E-state index in [2.05, 4.69) is 12.2 Å². The molecule has 6 nitrogen and oxygen atoms in total. The molecule has 0 radical (unpaired) electrons. The molecule has 0 aliphatic rings. The van der Waals surface area contributed by atoms with Crippen LogP contribution in [0.25, 0.3) is 0 Å². The third-order valence-corrected chi connectivity index (χ3v) is 2.15. The first-order valence-electron chi connectivity index (χ1n) is 4.34. The summed E-state index contributed by atoms with van der Waals surface area (Å²) >= 11 is 4.55. The van der Waals surface area contributed by atoms with Crippen molar-refractivity contribution >= 4 is 23.2 Å². The summed E-state index contributed by atoms with van der Waals surface area (Å²) in [5.74, 6) is 4.63. The number of thiocarbonyl (C=S) groups is 1. The van der Waals surface area contributed by atoms with Crippen molar-refractivity contribution in [1.82, 2.24) is 5.01 Å². The van der Waals surface area contributed by atoms with E-state index in [1.165, 1.54) is 18.2 Å². The fraction of sp³-hybridized carbons (Fsp3) is 0. The molecule has 0 aliphatic heterocycles. The molecule has 1 aromatic carbocycles. The molecule has 0 spiro atoms. The van der Waals surface area contributed by atoms with Gasteiger partial charge >= 0.3 is 0 Å². The number of carbonyl (C=O) groups excluding carboxylic acids is 1. The van der Waals surface area contributed by atoms with Crippen LogP contribution in [0.4, 0.5) is 0 Å². The van der Waals surface area contributed by atoms with E-state index in [-0.39, 0.29) is 21.8 Å². The largest absolute Gasteiger partial charge is 0.375 e. The molecule has 1 amide bonds. The van der Waals surface area contributed by atoms with Crippen LogP contribution in [-0.4, -0.2) is 16.0 Å². The zero-order valence-electron chi connectivity index (χ0n) is 8.54. The second-order valence-corrected chi connectivity index (χ2v) is 3.42. The average molecular weight is 245 g/mol. The molecule has 84 valence electrons. The van der Waals surface area contributed by atoms with Gasteiger partial charge in [0.05, 0.1) is 22.8 Å². The Morgan fingerprint density at radius 1 is 1.35 bits per heavy atom. The van der Waals surface area contributed by atoms with Gasteiger partial charge in [-0.15, -0.1) is 0 Å². The van der Waals surface area contributed by atoms with Gasteiger partial charge in [-0.1, -0.05) is 0 Å². The predicted octanol–water partition coefficient (Wildman–Crippen LogP) is -0.0105. The van der Waals surface area contributed by atoms with Gasteiger partial charge < -0.3 is 5.73 Å². The molecule has 0 bridgehead atoms. The summed E-state index contributed by atoms with van der Waals surface area (Å²) in [5.41, 5.74) is 5.56. The third kappa shape index (κ3) is 2.55. The zero-order chi connectivity index (χ0) is 13.0. The average Bonchev–Trinajstić information content (AvgIpc) is 2.35. The maximum atomic E-state index is 11.8. The number of hydrogen-bond donors (Lipinski definition) is 2. The Morgan fingerprint density at radius 2 is 2.00 bits per heavy atom. The summed E-state index contributed by atoms with van der Waals surface area (Å²) in [6.07, 6.45) is 0. The van der Waals surface area contributed by atoms with E-state index in [0.717, 1.165) is 0 Å². The number of nitrogens with two attached hydrogens (primary N) is 2. The monoisotopic (exact) mass is 245 g/mol. The van der Waals surface area contributed by atoms with Crippen molar-refractivity contribution in [3.63, 3.8) is 0 Å². The number of hydrazine groups is 1. The molecular formula is C10H7N5OS. The van der Waals surface area contributed by atoms with E-state index in [1.807, 2.05) is 6.07 Å². The Labute approximate surface area is 103 Å². The Morgan fingerprint density at radius 3 is 2.47 bits per heavy atom. The molecule has 1 rings (SSSR count). The smallest absolute Gasteiger partial charge is 0.275 e. The van der Waals surface area contributed by atoms with Crippen LogP contribution in [0.15, 0.2) is 18.2 Å². The van der Waals surface area contributed by atoms with Gasteiger partial charge in [0.25, 0.3) is 5.91 Å². The van der Waals surface area contributed by atoms with Crippen LogP contribution in [0.2, 0.25) is 0 Å². The molecule has 0 atom stereocenters. The minimum absolute atomic E-state index is 0.0424. The molecule has 0 aromatic heterocycles. The third-order valence-electron chi connectivity index (χ3n) is 1.96. The molecule has 7 heteroatoms. The van der Waals surface area contributed by atoms with Crippen molar-refractivity contribution in [1.29, 1.82) is 10.5 Å². The summed E-state index contributed by atoms with van der Waals surface area (Å²) in [6.45, 7) is 0. The number of benzene rings is 1. The normalized spacial score (nSPS) is 8.88. The predicted molar refractivity (Wildman–Crippen MR) is 63.0 cm³/mol. The summed E-state index contributed by atoms with van der Waals surface area (Å²) < 4.78 is 0. The van der Waals surface area contributed by atoms with Gasteiger partial charge in [-0.05, 0) is 30.4 Å². The van der Waals surface area contributed by atoms with Gasteiger partial charge in [-0.25, -0.2) is 10.9 Å². The van der Waals surface area contributed by atoms with E-state index in [4.69, 9.17) is 22.1 Å². The number of carbonyl (C=O) groups is 1. The van der Waals surface area contributed by atoms with Crippen molar-refractivity contribution in [2.75, 3.05) is 0 Å². The lowest BCUT2D eigenvalue weighted by Crippen LogP contribution is -2.45. The second-order valence-electron chi connectivity index (χ2n) is 3.00. The SMILES string of the molecule is N#Cc1ccc(C(=O)N(N)C(N)=S)c(C#N)c1. The van der Waals surface area contributed by atoms with Gasteiger partial charge in [-0.3, -0.25) is 4.79 Å². The standard InChI is InChI=1S/C10H7N5OS/c11-4-6-1-2-8(7(3-6)5-12)9(16)15(14)10(13)17/h1-3H,14H2,(H2,13,17). The van der Waals surface area contributed by atoms with Gasteiger partial charge in [0.2, 0.25) is 0 Å². The highest BCUT2D eigenvalue weighted by Gasteiger charge is 2.18. The maximum Gasteiger partial charge on any atom is 0.275 e. The van der Waals surface area contributed by atoms with E-state index in [9.17, 15) is 4.79 Å². The molecular weight excluding hydrogens is 238 g/mol. The summed E-state index contributed by atoms with van der Waals surface area (Å²) in [7, 11) is 0. The molecule has 17 heavy (non-hydrogen) atoms. The van der Waals surface area contributed by atoms with Crippen LogP contribution in [0, 0.1) is 22.7 Å². The zero-order valence-corrected chi connectivity index (χ0v) is 9.36. The minimum atomic E-state index is -0.696. The van der Waals surface area contributed by atoms with Crippen molar-refractivity contribution in [2.24, 2.45) is 11.6 Å². The van der Waals surface area contributed by atoms with E-state index in [0.29, 0.717) is 5.01 Å². The molecule has 0 unspecified atom stereocenters. The molecule has 4 N–H and O–H groups in total. The fourth-order valence-corrected chi connectivity index (χ4v) is 1.21. The quantitative estimate of drug-likeness (QED) is 0.311. The Kier molecular flexibility index (Phi) is 3.73. The van der Waals surface area contributed by atoms with Crippen molar-refractivity contribution in [3.8, 4) is 12.1 Å². The maximum absolute atomic E-state index is 11.8. The van der Waals surface area contributed by atoms with E-state index < -0.39 is 5.91 Å². The Hall–Kier alpha value is -2.48. The van der Waals surface area contributed by atoms with Crippen LogP contribution in [0.3, 0.4) is 0 Å². The molecule has 0 heterocycles. The van der Waals surface area contributed by atoms with Crippen molar-refractivity contribution in [3.05, 3.63) is 34.9 Å². The first-order valence-corrected chi connectivity index (χ1v) is 4.75. The fourth-order valence-electron chi connectivity index (χ4n) is 1.12. The van der Waals surface area contributed by atoms with Crippen LogP contribution < -0.4 is 11.6 Å². The topological polar surface area (TPSA) is 120 Å². The summed E-state index contributed by atoms with van der Waals surface area (Å²) in [6, 6.07) is 7.70. The van der Waals surface area contributed by atoms with Crippen LogP contribution >= 0.6 is 12.2 Å². The van der Waals surface area contributed by atoms with Crippen LogP contribution in [-0.2, 0) is 0 Å². The highest BCUT2D eigenvalue weighted by molar-refractivity contribution is 7.80. The molecule has 0 aliphatic carbocycles. The number of amides is 1.